The molecule has 8 heteroatoms. The predicted octanol–water partition coefficient (Wildman–Crippen LogP) is 4.70. The molecule has 0 unspecified atom stereocenters. The lowest BCUT2D eigenvalue weighted by Crippen LogP contribution is -2.12. The van der Waals surface area contributed by atoms with Crippen LogP contribution in [0.25, 0.3) is 11.5 Å². The average molecular weight is 404 g/mol. The normalized spacial score (nSPS) is 11.9. The van der Waals surface area contributed by atoms with Gasteiger partial charge in [0, 0.05) is 11.4 Å². The van der Waals surface area contributed by atoms with Gasteiger partial charge in [-0.3, -0.25) is 15.1 Å². The Morgan fingerprint density at radius 2 is 1.86 bits per heavy atom. The molecular formula is C21H16N4O3S. The smallest absolute Gasteiger partial charge is 0.278 e. The zero-order chi connectivity index (χ0) is 20.1. The highest BCUT2D eigenvalue weighted by molar-refractivity contribution is 7.07. The van der Waals surface area contributed by atoms with Crippen LogP contribution in [0.15, 0.2) is 92.9 Å². The third kappa shape index (κ3) is 4.22. The third-order valence-corrected chi connectivity index (χ3v) is 5.00. The Bertz CT molecular complexity index is 1210. The second-order valence-corrected chi connectivity index (χ2v) is 6.89. The van der Waals surface area contributed by atoms with E-state index in [4.69, 9.17) is 4.42 Å². The Labute approximate surface area is 170 Å². The summed E-state index contributed by atoms with van der Waals surface area (Å²) in [5.74, 6) is 0.641. The van der Waals surface area contributed by atoms with Crippen LogP contribution in [0.2, 0.25) is 0 Å². The van der Waals surface area contributed by atoms with Crippen molar-refractivity contribution in [2.75, 3.05) is 0 Å². The summed E-state index contributed by atoms with van der Waals surface area (Å²) in [6.07, 6.45) is 3.06. The fourth-order valence-electron chi connectivity index (χ4n) is 2.74. The third-order valence-electron chi connectivity index (χ3n) is 4.14. The van der Waals surface area contributed by atoms with Crippen molar-refractivity contribution in [3.63, 3.8) is 0 Å². The summed E-state index contributed by atoms with van der Waals surface area (Å²) in [6.45, 7) is 0.500. The van der Waals surface area contributed by atoms with Gasteiger partial charge in [0.15, 0.2) is 5.76 Å². The largest absolute Gasteiger partial charge is 0.463 e. The fourth-order valence-corrected chi connectivity index (χ4v) is 3.56. The summed E-state index contributed by atoms with van der Waals surface area (Å²) in [7, 11) is 0. The van der Waals surface area contributed by atoms with Gasteiger partial charge in [-0.25, -0.2) is 4.68 Å². The van der Waals surface area contributed by atoms with Gasteiger partial charge in [-0.05, 0) is 23.8 Å². The summed E-state index contributed by atoms with van der Waals surface area (Å²) in [4.78, 5) is 16.2. The molecule has 0 saturated heterocycles. The molecule has 0 spiro atoms. The minimum Gasteiger partial charge on any atom is -0.463 e. The van der Waals surface area contributed by atoms with Crippen molar-refractivity contribution < 1.29 is 9.34 Å². The lowest BCUT2D eigenvalue weighted by Gasteiger charge is -2.01. The van der Waals surface area contributed by atoms with Crippen molar-refractivity contribution >= 4 is 23.2 Å². The maximum absolute atomic E-state index is 11.3. The molecule has 0 amide bonds. The molecule has 0 atom stereocenters. The van der Waals surface area contributed by atoms with Crippen molar-refractivity contribution in [1.29, 1.82) is 0 Å². The molecular weight excluding hydrogens is 388 g/mol. The topological polar surface area (TPSA) is 85.9 Å². The number of hydrogen-bond donors (Lipinski definition) is 0. The number of para-hydroxylation sites is 1. The molecule has 4 aromatic rings. The number of rotatable bonds is 6. The van der Waals surface area contributed by atoms with Crippen LogP contribution < -0.4 is 4.80 Å². The van der Waals surface area contributed by atoms with E-state index < -0.39 is 4.92 Å². The highest BCUT2D eigenvalue weighted by Gasteiger charge is 2.12. The summed E-state index contributed by atoms with van der Waals surface area (Å²) in [5.41, 5.74) is 2.21. The summed E-state index contributed by atoms with van der Waals surface area (Å²) in [6, 6.07) is 20.0. The first-order valence-corrected chi connectivity index (χ1v) is 9.67. The lowest BCUT2D eigenvalue weighted by molar-refractivity contribution is -0.385. The zero-order valence-electron chi connectivity index (χ0n) is 15.2. The van der Waals surface area contributed by atoms with Crippen LogP contribution in [-0.4, -0.2) is 15.8 Å². The number of furan rings is 1. The number of thiazole rings is 1. The maximum atomic E-state index is 11.3. The van der Waals surface area contributed by atoms with Crippen LogP contribution in [0.4, 0.5) is 5.69 Å². The lowest BCUT2D eigenvalue weighted by atomic mass is 10.2. The summed E-state index contributed by atoms with van der Waals surface area (Å²) >= 11 is 1.43. The number of nitro groups is 1. The van der Waals surface area contributed by atoms with E-state index in [2.05, 4.69) is 10.1 Å². The first-order valence-electron chi connectivity index (χ1n) is 8.79. The van der Waals surface area contributed by atoms with Crippen LogP contribution >= 0.6 is 11.3 Å². The second kappa shape index (κ2) is 8.49. The van der Waals surface area contributed by atoms with Gasteiger partial charge in [0.2, 0.25) is 4.80 Å². The Morgan fingerprint density at radius 3 is 2.62 bits per heavy atom. The average Bonchev–Trinajstić information content (AvgIpc) is 3.41. The maximum Gasteiger partial charge on any atom is 0.278 e. The first kappa shape index (κ1) is 18.6. The molecule has 29 heavy (non-hydrogen) atoms. The summed E-state index contributed by atoms with van der Waals surface area (Å²) < 4.78 is 7.15. The van der Waals surface area contributed by atoms with Crippen molar-refractivity contribution in [1.82, 2.24) is 4.68 Å². The van der Waals surface area contributed by atoms with Crippen LogP contribution in [0.1, 0.15) is 11.1 Å². The quantitative estimate of drug-likeness (QED) is 0.265. The van der Waals surface area contributed by atoms with E-state index in [1.54, 1.807) is 35.2 Å². The van der Waals surface area contributed by atoms with E-state index in [1.165, 1.54) is 23.6 Å². The van der Waals surface area contributed by atoms with Gasteiger partial charge in [0.05, 0.1) is 29.5 Å². The molecule has 0 bridgehead atoms. The standard InChI is InChI=1S/C21H16N4O3S/c26-25(27)18-10-5-4-9-17(18)14-23-24-19(20-11-6-12-28-20)15-29-21(24)22-13-16-7-2-1-3-8-16/h1-12,14-15H,13H2. The SMILES string of the molecule is O=[N+]([O-])c1ccccc1C=Nn1c(-c2ccco2)csc1=NCc1ccccc1. The second-order valence-electron chi connectivity index (χ2n) is 6.05. The van der Waals surface area contributed by atoms with Gasteiger partial charge in [-0.2, -0.15) is 5.10 Å². The molecule has 144 valence electrons. The Hall–Kier alpha value is -3.78. The van der Waals surface area contributed by atoms with E-state index in [0.29, 0.717) is 22.7 Å². The number of nitrogens with zero attached hydrogens (tertiary/aromatic N) is 4. The molecule has 4 rings (SSSR count). The van der Waals surface area contributed by atoms with E-state index in [1.807, 2.05) is 41.8 Å². The van der Waals surface area contributed by atoms with Gasteiger partial charge < -0.3 is 4.42 Å². The van der Waals surface area contributed by atoms with Crippen molar-refractivity contribution in [3.05, 3.63) is 104 Å². The van der Waals surface area contributed by atoms with E-state index in [9.17, 15) is 10.1 Å². The van der Waals surface area contributed by atoms with Crippen molar-refractivity contribution in [2.24, 2.45) is 10.1 Å². The Kier molecular flexibility index (Phi) is 5.44. The van der Waals surface area contributed by atoms with Gasteiger partial charge >= 0.3 is 0 Å². The highest BCUT2D eigenvalue weighted by atomic mass is 32.1. The Morgan fingerprint density at radius 1 is 1.07 bits per heavy atom. The van der Waals surface area contributed by atoms with E-state index in [0.717, 1.165) is 11.3 Å². The number of nitro benzene ring substituents is 1. The number of benzene rings is 2. The molecule has 7 nitrogen and oxygen atoms in total. The van der Waals surface area contributed by atoms with Crippen LogP contribution in [-0.2, 0) is 6.54 Å². The molecule has 0 radical (unpaired) electrons. The van der Waals surface area contributed by atoms with Crippen molar-refractivity contribution in [3.8, 4) is 11.5 Å². The zero-order valence-corrected chi connectivity index (χ0v) is 16.0. The van der Waals surface area contributed by atoms with Crippen LogP contribution in [0.5, 0.6) is 0 Å². The molecule has 2 aromatic carbocycles. The molecule has 0 aliphatic rings. The molecule has 2 heterocycles. The van der Waals surface area contributed by atoms with Gasteiger partial charge in [0.1, 0.15) is 5.69 Å². The molecule has 0 aliphatic heterocycles. The highest BCUT2D eigenvalue weighted by Crippen LogP contribution is 2.21. The molecule has 0 fully saturated rings. The van der Waals surface area contributed by atoms with Gasteiger partial charge in [-0.15, -0.1) is 11.3 Å². The molecule has 0 aliphatic carbocycles. The molecule has 2 aromatic heterocycles. The molecule has 0 N–H and O–H groups in total. The number of hydrogen-bond acceptors (Lipinski definition) is 6. The van der Waals surface area contributed by atoms with Crippen molar-refractivity contribution in [2.45, 2.75) is 6.54 Å². The predicted molar refractivity (Wildman–Crippen MR) is 112 cm³/mol. The summed E-state index contributed by atoms with van der Waals surface area (Å²) in [5, 5.41) is 17.7. The first-order chi connectivity index (χ1) is 14.2. The monoisotopic (exact) mass is 404 g/mol. The number of aromatic nitrogens is 1. The van der Waals surface area contributed by atoms with Gasteiger partial charge in [-0.1, -0.05) is 42.5 Å². The van der Waals surface area contributed by atoms with E-state index >= 15 is 0 Å². The van der Waals surface area contributed by atoms with E-state index in [-0.39, 0.29) is 5.69 Å². The van der Waals surface area contributed by atoms with Crippen LogP contribution in [0.3, 0.4) is 0 Å². The van der Waals surface area contributed by atoms with Gasteiger partial charge in [0.25, 0.3) is 5.69 Å². The fraction of sp³-hybridized carbons (Fsp3) is 0.0476. The Balaban J connectivity index is 1.76. The minimum absolute atomic E-state index is 0.00518. The van der Waals surface area contributed by atoms with Crippen LogP contribution in [0, 0.1) is 10.1 Å². The minimum atomic E-state index is -0.423. The molecule has 0 saturated carbocycles.